The van der Waals surface area contributed by atoms with Gasteiger partial charge in [0.25, 0.3) is 5.91 Å². The first-order chi connectivity index (χ1) is 19.6. The van der Waals surface area contributed by atoms with E-state index in [9.17, 15) is 18.0 Å². The van der Waals surface area contributed by atoms with Gasteiger partial charge in [0, 0.05) is 30.5 Å². The molecule has 2 atom stereocenters. The smallest absolute Gasteiger partial charge is 0.408 e. The van der Waals surface area contributed by atoms with Crippen LogP contribution in [0.3, 0.4) is 0 Å². The quantitative estimate of drug-likeness (QED) is 0.414. The lowest BCUT2D eigenvalue weighted by atomic mass is 9.97. The zero-order valence-corrected chi connectivity index (χ0v) is 23.1. The molecule has 2 aliphatic heterocycles. The standard InChI is InChI=1S/C29H32F3N7O2/c1-16-11-20-12-23(34-16)22-14-33-38(3)27(22)41-10-4-5-19(18-6-7-18)15-39-25-9-8-21(35-17(2)29(30,31)32)13-24(25)36-28(39)37-26(20)40/h8-9,11-14,17-19,35H,4-7,10,15H2,1-3H3,(H,36,37,40)/t17-,19+/m0/s1. The number of guanidine groups is 1. The Kier molecular flexibility index (Phi) is 6.87. The minimum Gasteiger partial charge on any atom is -0.477 e. The number of benzene rings is 1. The molecule has 0 radical (unpaired) electrons. The summed E-state index contributed by atoms with van der Waals surface area (Å²) in [6, 6.07) is 6.70. The maximum atomic E-state index is 13.6. The number of rotatable bonds is 3. The van der Waals surface area contributed by atoms with Crippen LogP contribution in [-0.2, 0) is 7.05 Å². The monoisotopic (exact) mass is 567 g/mol. The van der Waals surface area contributed by atoms with Crippen molar-refractivity contribution in [1.82, 2.24) is 14.8 Å². The van der Waals surface area contributed by atoms with Gasteiger partial charge in [-0.1, -0.05) is 0 Å². The summed E-state index contributed by atoms with van der Waals surface area (Å²) in [7, 11) is 1.82. The van der Waals surface area contributed by atoms with E-state index in [0.29, 0.717) is 70.7 Å². The van der Waals surface area contributed by atoms with Crippen LogP contribution in [-0.4, -0.2) is 52.0 Å². The number of nitrogens with zero attached hydrogens (tertiary/aromatic N) is 5. The molecule has 4 heterocycles. The number of aromatic nitrogens is 3. The van der Waals surface area contributed by atoms with Crippen molar-refractivity contribution in [3.05, 3.63) is 47.8 Å². The fraction of sp³-hybridized carbons (Fsp3) is 0.448. The number of anilines is 3. The summed E-state index contributed by atoms with van der Waals surface area (Å²) < 4.78 is 47.4. The first-order valence-corrected chi connectivity index (χ1v) is 13.9. The zero-order valence-electron chi connectivity index (χ0n) is 23.1. The largest absolute Gasteiger partial charge is 0.477 e. The molecular formula is C29H32F3N7O2. The van der Waals surface area contributed by atoms with Gasteiger partial charge in [-0.3, -0.25) is 9.78 Å². The number of carbonyl (C=O) groups excluding carboxylic acids is 1. The molecule has 1 saturated carbocycles. The topological polar surface area (TPSA) is 96.7 Å². The van der Waals surface area contributed by atoms with Gasteiger partial charge in [0.1, 0.15) is 6.04 Å². The van der Waals surface area contributed by atoms with Crippen LogP contribution in [0.4, 0.5) is 30.2 Å². The number of ether oxygens (including phenoxy) is 1. The normalized spacial score (nSPS) is 21.2. The van der Waals surface area contributed by atoms with E-state index in [1.807, 2.05) is 18.9 Å². The number of carbonyl (C=O) groups is 1. The van der Waals surface area contributed by atoms with Crippen LogP contribution in [0.15, 0.2) is 41.5 Å². The van der Waals surface area contributed by atoms with Gasteiger partial charge in [0.05, 0.1) is 35.4 Å². The molecule has 2 aromatic heterocycles. The van der Waals surface area contributed by atoms with Crippen molar-refractivity contribution >= 4 is 28.9 Å². The first kappa shape index (κ1) is 27.1. The van der Waals surface area contributed by atoms with E-state index in [0.717, 1.165) is 38.3 Å². The summed E-state index contributed by atoms with van der Waals surface area (Å²) in [5, 5.41) is 10.1. The van der Waals surface area contributed by atoms with Crippen molar-refractivity contribution in [2.45, 2.75) is 51.7 Å². The molecule has 0 saturated heterocycles. The Morgan fingerprint density at radius 1 is 1.15 bits per heavy atom. The SMILES string of the molecule is Cc1cc2cc(n1)-c1cnn(C)c1OCCC[C@@H](C1CC1)CN1/C(=N/C2=O)Nc2cc(N[C@@H](C)C(F)(F)F)ccc21. The Labute approximate surface area is 235 Å². The second kappa shape index (κ2) is 10.4. The molecule has 9 nitrogen and oxygen atoms in total. The number of hydrogen-bond acceptors (Lipinski definition) is 7. The second-order valence-electron chi connectivity index (χ2n) is 11.1. The van der Waals surface area contributed by atoms with E-state index in [1.165, 1.54) is 0 Å². The van der Waals surface area contributed by atoms with Crippen LogP contribution in [0.25, 0.3) is 11.3 Å². The summed E-state index contributed by atoms with van der Waals surface area (Å²) in [5.41, 5.74) is 3.98. The molecule has 1 aromatic carbocycles. The molecule has 41 heavy (non-hydrogen) atoms. The number of fused-ring (bicyclic) bond motifs is 7. The number of amides is 1. The Morgan fingerprint density at radius 2 is 1.95 bits per heavy atom. The number of aliphatic imine (C=N–C) groups is 1. The maximum Gasteiger partial charge on any atom is 0.408 e. The van der Waals surface area contributed by atoms with Crippen LogP contribution in [0, 0.1) is 18.8 Å². The molecule has 3 aromatic rings. The van der Waals surface area contributed by atoms with Gasteiger partial charge in [0.2, 0.25) is 11.8 Å². The summed E-state index contributed by atoms with van der Waals surface area (Å²) in [4.78, 5) is 24.7. The number of aryl methyl sites for hydroxylation is 2. The molecule has 2 bridgehead atoms. The molecule has 2 N–H and O–H groups in total. The molecule has 1 fully saturated rings. The first-order valence-electron chi connectivity index (χ1n) is 13.9. The summed E-state index contributed by atoms with van der Waals surface area (Å²) >= 11 is 0. The lowest BCUT2D eigenvalue weighted by Crippen LogP contribution is -2.36. The van der Waals surface area contributed by atoms with Gasteiger partial charge >= 0.3 is 6.18 Å². The third kappa shape index (κ3) is 5.59. The molecule has 3 aliphatic rings. The predicted molar refractivity (Wildman–Crippen MR) is 150 cm³/mol. The van der Waals surface area contributed by atoms with E-state index in [4.69, 9.17) is 4.74 Å². The van der Waals surface area contributed by atoms with Crippen LogP contribution in [0.2, 0.25) is 0 Å². The Bertz CT molecular complexity index is 1510. The molecule has 1 amide bonds. The molecule has 0 spiro atoms. The fourth-order valence-electron chi connectivity index (χ4n) is 5.52. The van der Waals surface area contributed by atoms with Gasteiger partial charge in [-0.05, 0) is 81.7 Å². The van der Waals surface area contributed by atoms with Gasteiger partial charge < -0.3 is 20.3 Å². The highest BCUT2D eigenvalue weighted by Crippen LogP contribution is 2.43. The number of pyridine rings is 1. The number of nitrogens with one attached hydrogen (secondary N) is 2. The van der Waals surface area contributed by atoms with Crippen LogP contribution in [0.1, 0.15) is 48.7 Å². The number of hydrogen-bond donors (Lipinski definition) is 2. The highest BCUT2D eigenvalue weighted by atomic mass is 19.4. The second-order valence-corrected chi connectivity index (χ2v) is 11.1. The highest BCUT2D eigenvalue weighted by Gasteiger charge is 2.38. The van der Waals surface area contributed by atoms with Crippen molar-refractivity contribution in [2.75, 3.05) is 28.7 Å². The van der Waals surface area contributed by atoms with Gasteiger partial charge in [0.15, 0.2) is 0 Å². The summed E-state index contributed by atoms with van der Waals surface area (Å²) in [5.74, 6) is 1.41. The average Bonchev–Trinajstić information content (AvgIpc) is 3.62. The number of alkyl halides is 3. The zero-order chi connectivity index (χ0) is 28.9. The van der Waals surface area contributed by atoms with Gasteiger partial charge in [-0.25, -0.2) is 4.68 Å². The van der Waals surface area contributed by atoms with E-state index in [2.05, 4.69) is 25.7 Å². The third-order valence-corrected chi connectivity index (χ3v) is 7.90. The molecule has 0 unspecified atom stereocenters. The molecule has 6 rings (SSSR count). The van der Waals surface area contributed by atoms with Crippen molar-refractivity contribution in [1.29, 1.82) is 0 Å². The highest BCUT2D eigenvalue weighted by molar-refractivity contribution is 6.19. The van der Waals surface area contributed by atoms with E-state index in [1.54, 1.807) is 41.2 Å². The van der Waals surface area contributed by atoms with Crippen LogP contribution in [0.5, 0.6) is 5.88 Å². The average molecular weight is 568 g/mol. The van der Waals surface area contributed by atoms with E-state index >= 15 is 0 Å². The van der Waals surface area contributed by atoms with Crippen LogP contribution >= 0.6 is 0 Å². The summed E-state index contributed by atoms with van der Waals surface area (Å²) in [6.07, 6.45) is 1.34. The Hall–Kier alpha value is -4.09. The van der Waals surface area contributed by atoms with E-state index in [-0.39, 0.29) is 0 Å². The predicted octanol–water partition coefficient (Wildman–Crippen LogP) is 5.78. The van der Waals surface area contributed by atoms with Crippen molar-refractivity contribution in [2.24, 2.45) is 23.9 Å². The number of halogens is 3. The van der Waals surface area contributed by atoms with E-state index < -0.39 is 18.1 Å². The Morgan fingerprint density at radius 3 is 2.71 bits per heavy atom. The minimum absolute atomic E-state index is 0.327. The molecular weight excluding hydrogens is 535 g/mol. The van der Waals surface area contributed by atoms with Gasteiger partial charge in [-0.15, -0.1) is 0 Å². The molecule has 12 heteroatoms. The third-order valence-electron chi connectivity index (χ3n) is 7.90. The lowest BCUT2D eigenvalue weighted by molar-refractivity contribution is -0.138. The van der Waals surface area contributed by atoms with Crippen molar-refractivity contribution in [3.8, 4) is 17.1 Å². The Balaban J connectivity index is 1.39. The molecule has 216 valence electrons. The molecule has 1 aliphatic carbocycles. The van der Waals surface area contributed by atoms with Crippen LogP contribution < -0.4 is 20.3 Å². The fourth-order valence-corrected chi connectivity index (χ4v) is 5.52. The minimum atomic E-state index is -4.38. The van der Waals surface area contributed by atoms with Crippen molar-refractivity contribution < 1.29 is 22.7 Å². The van der Waals surface area contributed by atoms with Gasteiger partial charge in [-0.2, -0.15) is 23.3 Å². The van der Waals surface area contributed by atoms with Crippen molar-refractivity contribution in [3.63, 3.8) is 0 Å². The lowest BCUT2D eigenvalue weighted by Gasteiger charge is -2.26. The maximum absolute atomic E-state index is 13.6. The summed E-state index contributed by atoms with van der Waals surface area (Å²) in [6.45, 7) is 4.03.